The lowest BCUT2D eigenvalue weighted by atomic mass is 9.90. The minimum Gasteiger partial charge on any atom is -0.490 e. The SMILES string of the molecule is CCOc1ccc(C2=CC3(CCOC3)ON2)cc1OCC1CCCCC1. The molecule has 142 valence electrons. The lowest BCUT2D eigenvalue weighted by Crippen LogP contribution is -2.29. The number of rotatable bonds is 6. The van der Waals surface area contributed by atoms with Crippen molar-refractivity contribution in [1.82, 2.24) is 5.48 Å². The van der Waals surface area contributed by atoms with Crippen molar-refractivity contribution in [2.45, 2.75) is 51.0 Å². The van der Waals surface area contributed by atoms with E-state index in [1.165, 1.54) is 32.1 Å². The summed E-state index contributed by atoms with van der Waals surface area (Å²) in [6.45, 7) is 4.74. The van der Waals surface area contributed by atoms with E-state index >= 15 is 0 Å². The molecular formula is C21H29NO4. The summed E-state index contributed by atoms with van der Waals surface area (Å²) in [4.78, 5) is 5.80. The van der Waals surface area contributed by atoms with Gasteiger partial charge < -0.3 is 14.2 Å². The smallest absolute Gasteiger partial charge is 0.161 e. The Labute approximate surface area is 155 Å². The Morgan fingerprint density at radius 2 is 2.04 bits per heavy atom. The molecule has 5 nitrogen and oxygen atoms in total. The molecule has 1 atom stereocenters. The summed E-state index contributed by atoms with van der Waals surface area (Å²) >= 11 is 0. The maximum atomic E-state index is 6.20. The van der Waals surface area contributed by atoms with Crippen LogP contribution >= 0.6 is 0 Å². The van der Waals surface area contributed by atoms with E-state index in [1.54, 1.807) is 0 Å². The molecule has 1 aromatic carbocycles. The summed E-state index contributed by atoms with van der Waals surface area (Å²) < 4.78 is 17.5. The summed E-state index contributed by atoms with van der Waals surface area (Å²) in [5, 5.41) is 0. The van der Waals surface area contributed by atoms with Gasteiger partial charge in [-0.25, -0.2) is 0 Å². The van der Waals surface area contributed by atoms with Crippen molar-refractivity contribution < 1.29 is 19.0 Å². The fourth-order valence-corrected chi connectivity index (χ4v) is 4.00. The van der Waals surface area contributed by atoms with Crippen LogP contribution in [0, 0.1) is 5.92 Å². The Morgan fingerprint density at radius 1 is 1.15 bits per heavy atom. The first-order valence-electron chi connectivity index (χ1n) is 9.93. The summed E-state index contributed by atoms with van der Waals surface area (Å²) in [5.41, 5.74) is 4.78. The first-order valence-corrected chi connectivity index (χ1v) is 9.93. The highest BCUT2D eigenvalue weighted by Gasteiger charge is 2.39. The third kappa shape index (κ3) is 3.84. The third-order valence-corrected chi connectivity index (χ3v) is 5.54. The van der Waals surface area contributed by atoms with Gasteiger partial charge in [-0.05, 0) is 50.0 Å². The monoisotopic (exact) mass is 359 g/mol. The van der Waals surface area contributed by atoms with Crippen molar-refractivity contribution in [3.8, 4) is 11.5 Å². The lowest BCUT2D eigenvalue weighted by Gasteiger charge is -2.22. The minimum absolute atomic E-state index is 0.322. The number of hydrogen-bond acceptors (Lipinski definition) is 5. The van der Waals surface area contributed by atoms with Crippen molar-refractivity contribution in [2.75, 3.05) is 26.4 Å². The third-order valence-electron chi connectivity index (χ3n) is 5.54. The molecule has 1 aliphatic carbocycles. The molecule has 2 fully saturated rings. The number of hydrogen-bond donors (Lipinski definition) is 1. The first kappa shape index (κ1) is 17.7. The lowest BCUT2D eigenvalue weighted by molar-refractivity contribution is -0.0373. The normalized spacial score (nSPS) is 26.0. The number of hydroxylamine groups is 1. The van der Waals surface area contributed by atoms with Gasteiger partial charge in [0.15, 0.2) is 11.5 Å². The molecular weight excluding hydrogens is 330 g/mol. The van der Waals surface area contributed by atoms with Gasteiger partial charge in [-0.3, -0.25) is 10.3 Å². The van der Waals surface area contributed by atoms with Crippen LogP contribution in [0.2, 0.25) is 0 Å². The van der Waals surface area contributed by atoms with Crippen LogP contribution in [-0.2, 0) is 9.57 Å². The first-order chi connectivity index (χ1) is 12.8. The highest BCUT2D eigenvalue weighted by molar-refractivity contribution is 5.68. The predicted molar refractivity (Wildman–Crippen MR) is 100 cm³/mol. The van der Waals surface area contributed by atoms with Gasteiger partial charge >= 0.3 is 0 Å². The fraction of sp³-hybridized carbons (Fsp3) is 0.619. The largest absolute Gasteiger partial charge is 0.490 e. The molecule has 2 aliphatic heterocycles. The van der Waals surface area contributed by atoms with Crippen molar-refractivity contribution in [1.29, 1.82) is 0 Å². The molecule has 0 amide bonds. The Hall–Kier alpha value is -1.72. The predicted octanol–water partition coefficient (Wildman–Crippen LogP) is 4.08. The molecule has 2 heterocycles. The molecule has 3 aliphatic rings. The summed E-state index contributed by atoms with van der Waals surface area (Å²) in [5.74, 6) is 2.29. The van der Waals surface area contributed by atoms with Crippen molar-refractivity contribution in [3.05, 3.63) is 29.8 Å². The topological polar surface area (TPSA) is 49.0 Å². The summed E-state index contributed by atoms with van der Waals surface area (Å²) in [6.07, 6.45) is 9.57. The van der Waals surface area contributed by atoms with Crippen LogP contribution in [0.4, 0.5) is 0 Å². The standard InChI is InChI=1S/C21H29NO4/c1-2-24-19-9-8-17(18-13-21(26-22-18)10-11-23-15-21)12-20(19)25-14-16-6-4-3-5-7-16/h8-9,12-13,16,22H,2-7,10-11,14-15H2,1H3. The van der Waals surface area contributed by atoms with Crippen LogP contribution < -0.4 is 15.0 Å². The van der Waals surface area contributed by atoms with Gasteiger partial charge in [-0.2, -0.15) is 0 Å². The second-order valence-electron chi connectivity index (χ2n) is 7.54. The van der Waals surface area contributed by atoms with E-state index in [0.717, 1.165) is 42.4 Å². The molecule has 1 aromatic rings. The van der Waals surface area contributed by atoms with Gasteiger partial charge in [-0.1, -0.05) is 19.3 Å². The van der Waals surface area contributed by atoms with E-state index in [-0.39, 0.29) is 5.60 Å². The quantitative estimate of drug-likeness (QED) is 0.829. The second-order valence-corrected chi connectivity index (χ2v) is 7.54. The molecule has 0 aromatic heterocycles. The van der Waals surface area contributed by atoms with Crippen molar-refractivity contribution in [2.24, 2.45) is 5.92 Å². The van der Waals surface area contributed by atoms with Gasteiger partial charge in [0.25, 0.3) is 0 Å². The van der Waals surface area contributed by atoms with E-state index < -0.39 is 0 Å². The number of nitrogens with one attached hydrogen (secondary N) is 1. The molecule has 1 spiro atoms. The average molecular weight is 359 g/mol. The molecule has 1 unspecified atom stereocenters. The summed E-state index contributed by atoms with van der Waals surface area (Å²) in [6, 6.07) is 6.11. The van der Waals surface area contributed by atoms with E-state index in [2.05, 4.69) is 23.7 Å². The van der Waals surface area contributed by atoms with E-state index in [0.29, 0.717) is 19.1 Å². The number of benzene rings is 1. The van der Waals surface area contributed by atoms with Gasteiger partial charge in [0.05, 0.1) is 25.5 Å². The maximum absolute atomic E-state index is 6.20. The van der Waals surface area contributed by atoms with Crippen molar-refractivity contribution >= 4 is 5.70 Å². The Morgan fingerprint density at radius 3 is 2.81 bits per heavy atom. The zero-order chi connectivity index (χ0) is 17.8. The molecule has 1 saturated carbocycles. The van der Waals surface area contributed by atoms with E-state index in [9.17, 15) is 0 Å². The van der Waals surface area contributed by atoms with Crippen LogP contribution in [-0.4, -0.2) is 32.0 Å². The zero-order valence-corrected chi connectivity index (χ0v) is 15.6. The maximum Gasteiger partial charge on any atom is 0.161 e. The zero-order valence-electron chi connectivity index (χ0n) is 15.6. The minimum atomic E-state index is -0.322. The second kappa shape index (κ2) is 7.89. The van der Waals surface area contributed by atoms with Gasteiger partial charge in [0, 0.05) is 18.6 Å². The van der Waals surface area contributed by atoms with E-state index in [4.69, 9.17) is 19.0 Å². The van der Waals surface area contributed by atoms with Crippen LogP contribution in [0.3, 0.4) is 0 Å². The summed E-state index contributed by atoms with van der Waals surface area (Å²) in [7, 11) is 0. The Bertz CT molecular complexity index is 645. The molecule has 4 rings (SSSR count). The van der Waals surface area contributed by atoms with Crippen LogP contribution in [0.5, 0.6) is 11.5 Å². The molecule has 5 heteroatoms. The average Bonchev–Trinajstić information content (AvgIpc) is 3.32. The van der Waals surface area contributed by atoms with Crippen LogP contribution in [0.1, 0.15) is 51.0 Å². The number of ether oxygens (including phenoxy) is 3. The Balaban J connectivity index is 1.51. The van der Waals surface area contributed by atoms with E-state index in [1.807, 2.05) is 13.0 Å². The van der Waals surface area contributed by atoms with Crippen molar-refractivity contribution in [3.63, 3.8) is 0 Å². The fourth-order valence-electron chi connectivity index (χ4n) is 4.00. The van der Waals surface area contributed by atoms with Crippen LogP contribution in [0.15, 0.2) is 24.3 Å². The highest BCUT2D eigenvalue weighted by Crippen LogP contribution is 2.36. The molecule has 1 N–H and O–H groups in total. The molecule has 0 radical (unpaired) electrons. The van der Waals surface area contributed by atoms with Crippen LogP contribution in [0.25, 0.3) is 5.70 Å². The van der Waals surface area contributed by atoms with Gasteiger partial charge in [0.1, 0.15) is 5.60 Å². The Kier molecular flexibility index (Phi) is 5.36. The van der Waals surface area contributed by atoms with Gasteiger partial charge in [0.2, 0.25) is 0 Å². The molecule has 1 saturated heterocycles. The molecule has 26 heavy (non-hydrogen) atoms. The highest BCUT2D eigenvalue weighted by atomic mass is 16.7. The molecule has 0 bridgehead atoms. The van der Waals surface area contributed by atoms with Gasteiger partial charge in [-0.15, -0.1) is 0 Å².